The molecule has 0 bridgehead atoms. The molecule has 4 nitrogen and oxygen atoms in total. The van der Waals surface area contributed by atoms with Gasteiger partial charge in [0.05, 0.1) is 11.8 Å². The number of nitrogens with one attached hydrogen (secondary N) is 1. The molecule has 1 saturated heterocycles. The van der Waals surface area contributed by atoms with Crippen LogP contribution in [0.1, 0.15) is 33.1 Å². The van der Waals surface area contributed by atoms with Crippen LogP contribution in [0.25, 0.3) is 0 Å². The second-order valence-electron chi connectivity index (χ2n) is 6.19. The highest BCUT2D eigenvalue weighted by molar-refractivity contribution is 5.80. The molecule has 5 heteroatoms. The van der Waals surface area contributed by atoms with Crippen LogP contribution in [0.4, 0.5) is 4.39 Å². The number of nitrogens with zero attached hydrogens (tertiary/aromatic N) is 1. The summed E-state index contributed by atoms with van der Waals surface area (Å²) in [7, 11) is 0. The van der Waals surface area contributed by atoms with Crippen molar-refractivity contribution < 1.29 is 9.13 Å². The van der Waals surface area contributed by atoms with Crippen LogP contribution < -0.4 is 11.1 Å². The van der Waals surface area contributed by atoms with Gasteiger partial charge < -0.3 is 15.8 Å². The molecule has 1 aliphatic heterocycles. The molecule has 0 aromatic carbocycles. The fourth-order valence-electron chi connectivity index (χ4n) is 2.72. The molecule has 0 aromatic heterocycles. The Hall–Kier alpha value is -1.46. The van der Waals surface area contributed by atoms with E-state index >= 15 is 0 Å². The maximum Gasteiger partial charge on any atom is 0.204 e. The van der Waals surface area contributed by atoms with E-state index in [1.165, 1.54) is 13.8 Å². The van der Waals surface area contributed by atoms with Crippen molar-refractivity contribution in [3.63, 3.8) is 0 Å². The van der Waals surface area contributed by atoms with Gasteiger partial charge in [0, 0.05) is 6.21 Å². The van der Waals surface area contributed by atoms with Crippen LogP contribution in [-0.2, 0) is 4.74 Å². The summed E-state index contributed by atoms with van der Waals surface area (Å²) in [5, 5.41) is 3.34. The molecule has 0 radical (unpaired) electrons. The van der Waals surface area contributed by atoms with Gasteiger partial charge in [0.2, 0.25) is 5.85 Å². The summed E-state index contributed by atoms with van der Waals surface area (Å²) in [4.78, 5) is 4.49. The molecule has 1 unspecified atom stereocenters. The standard InChI is InChI=1S/C17H26FN3O/c1-17(2,18)22-16-5-3-15(4-6-16)21-12-14(11-19)13-7-9-20-10-8-13/h3-5,11-13,16,20H,6-10,19H2,1-2H3/b14-11+,21-12?. The fraction of sp³-hybridized carbons (Fsp3) is 0.588. The van der Waals surface area contributed by atoms with Crippen LogP contribution >= 0.6 is 0 Å². The van der Waals surface area contributed by atoms with Crippen LogP contribution in [0.5, 0.6) is 0 Å². The molecule has 0 amide bonds. The molecule has 1 aliphatic carbocycles. The predicted octanol–water partition coefficient (Wildman–Crippen LogP) is 2.83. The van der Waals surface area contributed by atoms with Gasteiger partial charge in [0.15, 0.2) is 0 Å². The van der Waals surface area contributed by atoms with E-state index in [-0.39, 0.29) is 6.10 Å². The lowest BCUT2D eigenvalue weighted by Gasteiger charge is -2.23. The number of piperidine rings is 1. The van der Waals surface area contributed by atoms with Gasteiger partial charge in [-0.3, -0.25) is 4.99 Å². The van der Waals surface area contributed by atoms with E-state index in [0.29, 0.717) is 12.3 Å². The van der Waals surface area contributed by atoms with Gasteiger partial charge in [-0.1, -0.05) is 12.2 Å². The van der Waals surface area contributed by atoms with E-state index in [0.717, 1.165) is 37.2 Å². The Balaban J connectivity index is 1.89. The summed E-state index contributed by atoms with van der Waals surface area (Å²) in [6, 6.07) is 0. The Labute approximate surface area is 132 Å². The fourth-order valence-corrected chi connectivity index (χ4v) is 2.72. The number of rotatable bonds is 5. The summed E-state index contributed by atoms with van der Waals surface area (Å²) >= 11 is 0. The molecule has 0 aromatic rings. The van der Waals surface area contributed by atoms with E-state index < -0.39 is 5.85 Å². The third-order valence-corrected chi connectivity index (χ3v) is 3.84. The number of alkyl halides is 1. The number of hydrogen-bond acceptors (Lipinski definition) is 4. The van der Waals surface area contributed by atoms with Crippen molar-refractivity contribution in [2.45, 2.75) is 45.1 Å². The highest BCUT2D eigenvalue weighted by Gasteiger charge is 2.21. The first-order chi connectivity index (χ1) is 10.5. The smallest absolute Gasteiger partial charge is 0.204 e. The topological polar surface area (TPSA) is 59.6 Å². The summed E-state index contributed by atoms with van der Waals surface area (Å²) in [5.41, 5.74) is 7.69. The lowest BCUT2D eigenvalue weighted by molar-refractivity contribution is -0.138. The van der Waals surface area contributed by atoms with Crippen molar-refractivity contribution in [3.05, 3.63) is 35.7 Å². The summed E-state index contributed by atoms with van der Waals surface area (Å²) in [6.07, 6.45) is 11.8. The van der Waals surface area contributed by atoms with Gasteiger partial charge in [-0.2, -0.15) is 0 Å². The first-order valence-electron chi connectivity index (χ1n) is 7.89. The number of aliphatic imine (C=N–C) groups is 1. The average Bonchev–Trinajstić information content (AvgIpc) is 2.49. The molecule has 2 aliphatic rings. The van der Waals surface area contributed by atoms with Crippen molar-refractivity contribution in [2.24, 2.45) is 16.6 Å². The largest absolute Gasteiger partial charge is 0.404 e. The number of ether oxygens (including phenoxy) is 1. The minimum absolute atomic E-state index is 0.229. The average molecular weight is 307 g/mol. The molecular weight excluding hydrogens is 281 g/mol. The van der Waals surface area contributed by atoms with Crippen LogP contribution in [0.15, 0.2) is 40.7 Å². The molecule has 1 heterocycles. The Morgan fingerprint density at radius 3 is 2.73 bits per heavy atom. The van der Waals surface area contributed by atoms with Crippen molar-refractivity contribution in [3.8, 4) is 0 Å². The number of hydrogen-bond donors (Lipinski definition) is 2. The van der Waals surface area contributed by atoms with Crippen LogP contribution in [-0.4, -0.2) is 31.3 Å². The summed E-state index contributed by atoms with van der Waals surface area (Å²) < 4.78 is 18.7. The van der Waals surface area contributed by atoms with Crippen molar-refractivity contribution in [2.75, 3.05) is 13.1 Å². The highest BCUT2D eigenvalue weighted by atomic mass is 19.2. The minimum atomic E-state index is -1.62. The van der Waals surface area contributed by atoms with Crippen molar-refractivity contribution in [1.29, 1.82) is 0 Å². The zero-order chi connectivity index (χ0) is 16.0. The lowest BCUT2D eigenvalue weighted by atomic mass is 9.91. The SMILES string of the molecule is CC(C)(F)OC1C=CC(N=C/C(=C\N)C2CCNCC2)=CC1. The van der Waals surface area contributed by atoms with Gasteiger partial charge in [0.1, 0.15) is 0 Å². The van der Waals surface area contributed by atoms with Gasteiger partial charge >= 0.3 is 0 Å². The van der Waals surface area contributed by atoms with Crippen LogP contribution in [0.3, 0.4) is 0 Å². The van der Waals surface area contributed by atoms with Crippen molar-refractivity contribution >= 4 is 6.21 Å². The monoisotopic (exact) mass is 307 g/mol. The van der Waals surface area contributed by atoms with Crippen molar-refractivity contribution in [1.82, 2.24) is 5.32 Å². The van der Waals surface area contributed by atoms with Gasteiger partial charge in [-0.05, 0) is 70.0 Å². The van der Waals surface area contributed by atoms with Gasteiger partial charge in [-0.15, -0.1) is 0 Å². The van der Waals surface area contributed by atoms with Gasteiger partial charge in [-0.25, -0.2) is 4.39 Å². The highest BCUT2D eigenvalue weighted by Crippen LogP contribution is 2.22. The summed E-state index contributed by atoms with van der Waals surface area (Å²) in [5.74, 6) is -1.14. The third kappa shape index (κ3) is 5.39. The Morgan fingerprint density at radius 2 is 2.18 bits per heavy atom. The number of allylic oxidation sites excluding steroid dienone is 2. The van der Waals surface area contributed by atoms with E-state index in [9.17, 15) is 4.39 Å². The minimum Gasteiger partial charge on any atom is -0.404 e. The summed E-state index contributed by atoms with van der Waals surface area (Å²) in [6.45, 7) is 4.87. The Bertz CT molecular complexity index is 483. The normalized spacial score (nSPS) is 24.8. The molecule has 122 valence electrons. The molecule has 3 N–H and O–H groups in total. The van der Waals surface area contributed by atoms with Gasteiger partial charge in [0.25, 0.3) is 0 Å². The Morgan fingerprint density at radius 1 is 1.45 bits per heavy atom. The van der Waals surface area contributed by atoms with Crippen LogP contribution in [0, 0.1) is 5.92 Å². The van der Waals surface area contributed by atoms with E-state index in [4.69, 9.17) is 10.5 Å². The Kier molecular flexibility index (Phi) is 5.91. The van der Waals surface area contributed by atoms with E-state index in [1.807, 2.05) is 24.4 Å². The third-order valence-electron chi connectivity index (χ3n) is 3.84. The predicted molar refractivity (Wildman–Crippen MR) is 88.3 cm³/mol. The number of nitrogens with two attached hydrogens (primary N) is 1. The first-order valence-corrected chi connectivity index (χ1v) is 7.89. The maximum atomic E-state index is 13.4. The van der Waals surface area contributed by atoms with Crippen LogP contribution in [0.2, 0.25) is 0 Å². The lowest BCUT2D eigenvalue weighted by Crippen LogP contribution is -2.29. The zero-order valence-corrected chi connectivity index (χ0v) is 13.4. The first kappa shape index (κ1) is 16.9. The second kappa shape index (κ2) is 7.70. The molecular formula is C17H26FN3O. The molecule has 0 spiro atoms. The quantitative estimate of drug-likeness (QED) is 0.768. The maximum absolute atomic E-state index is 13.4. The number of halogens is 1. The zero-order valence-electron chi connectivity index (χ0n) is 13.4. The molecule has 0 saturated carbocycles. The van der Waals surface area contributed by atoms with E-state index in [1.54, 1.807) is 6.20 Å². The molecule has 1 atom stereocenters. The van der Waals surface area contributed by atoms with E-state index in [2.05, 4.69) is 10.3 Å². The molecule has 22 heavy (non-hydrogen) atoms. The molecule has 2 rings (SSSR count). The molecule has 1 fully saturated rings. The second-order valence-corrected chi connectivity index (χ2v) is 6.19.